The Morgan fingerprint density at radius 3 is 2.35 bits per heavy atom. The number of benzene rings is 4. The Kier molecular flexibility index (Phi) is 9.20. The van der Waals surface area contributed by atoms with E-state index in [1.807, 2.05) is 23.1 Å². The molecule has 0 aliphatic carbocycles. The maximum Gasteiger partial charge on any atom is 2.00 e. The van der Waals surface area contributed by atoms with E-state index in [0.29, 0.717) is 17.4 Å². The molecule has 0 fully saturated rings. The second-order valence-corrected chi connectivity index (χ2v) is 14.0. The van der Waals surface area contributed by atoms with Crippen LogP contribution in [0.4, 0.5) is 0 Å². The Labute approximate surface area is 297 Å². The van der Waals surface area contributed by atoms with Crippen LogP contribution in [0.25, 0.3) is 44.4 Å². The molecular formula is C42H40N4OPt. The molecule has 0 amide bonds. The van der Waals surface area contributed by atoms with Gasteiger partial charge in [-0.05, 0) is 83.1 Å². The van der Waals surface area contributed by atoms with Gasteiger partial charge in [0.25, 0.3) is 0 Å². The number of pyridine rings is 1. The number of para-hydroxylation sites is 1. The zero-order valence-electron chi connectivity index (χ0n) is 28.5. The molecule has 3 aromatic heterocycles. The summed E-state index contributed by atoms with van der Waals surface area (Å²) >= 11 is 0. The predicted molar refractivity (Wildman–Crippen MR) is 192 cm³/mol. The minimum atomic E-state index is -0.114. The van der Waals surface area contributed by atoms with Crippen molar-refractivity contribution in [3.63, 3.8) is 0 Å². The molecule has 0 aliphatic heterocycles. The van der Waals surface area contributed by atoms with Crippen LogP contribution in [0.2, 0.25) is 0 Å². The average molecular weight is 812 g/mol. The quantitative estimate of drug-likeness (QED) is 0.151. The van der Waals surface area contributed by atoms with E-state index in [2.05, 4.69) is 144 Å². The van der Waals surface area contributed by atoms with Crippen LogP contribution in [0.5, 0.6) is 11.5 Å². The van der Waals surface area contributed by atoms with Gasteiger partial charge in [0.1, 0.15) is 5.82 Å². The van der Waals surface area contributed by atoms with Crippen LogP contribution in [0.1, 0.15) is 56.9 Å². The molecule has 7 aromatic rings. The predicted octanol–water partition coefficient (Wildman–Crippen LogP) is 10.5. The molecule has 0 saturated carbocycles. The zero-order valence-corrected chi connectivity index (χ0v) is 30.8. The molecule has 3 heterocycles. The Morgan fingerprint density at radius 2 is 1.60 bits per heavy atom. The van der Waals surface area contributed by atoms with Gasteiger partial charge in [-0.25, -0.2) is 4.98 Å². The van der Waals surface area contributed by atoms with E-state index < -0.39 is 0 Å². The van der Waals surface area contributed by atoms with Crippen LogP contribution in [0.15, 0.2) is 97.5 Å². The summed E-state index contributed by atoms with van der Waals surface area (Å²) in [5, 5.41) is 7.02. The van der Waals surface area contributed by atoms with Crippen molar-refractivity contribution in [2.45, 2.75) is 60.3 Å². The first-order valence-corrected chi connectivity index (χ1v) is 16.3. The second-order valence-electron chi connectivity index (χ2n) is 14.0. The van der Waals surface area contributed by atoms with Crippen molar-refractivity contribution in [1.29, 1.82) is 0 Å². The maximum atomic E-state index is 6.59. The van der Waals surface area contributed by atoms with Crippen molar-refractivity contribution in [2.75, 3.05) is 0 Å². The molecule has 7 rings (SSSR count). The molecule has 0 N–H and O–H groups in total. The Bertz CT molecular complexity index is 2230. The van der Waals surface area contributed by atoms with Crippen molar-refractivity contribution in [2.24, 2.45) is 5.92 Å². The monoisotopic (exact) mass is 811 g/mol. The molecule has 0 atom stereocenters. The topological polar surface area (TPSA) is 44.9 Å². The summed E-state index contributed by atoms with van der Waals surface area (Å²) in [6.07, 6.45) is 6.91. The number of aromatic nitrogens is 4. The Morgan fingerprint density at radius 1 is 0.833 bits per heavy atom. The van der Waals surface area contributed by atoms with Gasteiger partial charge in [0.2, 0.25) is 0 Å². The summed E-state index contributed by atoms with van der Waals surface area (Å²) in [6, 6.07) is 34.6. The number of ether oxygens (including phenoxy) is 1. The molecule has 0 bridgehead atoms. The van der Waals surface area contributed by atoms with Gasteiger partial charge >= 0.3 is 21.1 Å². The fourth-order valence-electron chi connectivity index (χ4n) is 6.46. The van der Waals surface area contributed by atoms with Gasteiger partial charge in [0.15, 0.2) is 0 Å². The van der Waals surface area contributed by atoms with Crippen molar-refractivity contribution in [1.82, 2.24) is 19.3 Å². The van der Waals surface area contributed by atoms with Crippen LogP contribution in [0, 0.1) is 31.9 Å². The number of hydrogen-bond donors (Lipinski definition) is 0. The molecular weight excluding hydrogens is 772 g/mol. The number of aryl methyl sites for hydroxylation is 2. The van der Waals surface area contributed by atoms with Crippen LogP contribution >= 0.6 is 0 Å². The van der Waals surface area contributed by atoms with E-state index in [0.717, 1.165) is 50.9 Å². The first-order valence-electron chi connectivity index (χ1n) is 16.3. The molecule has 0 spiro atoms. The van der Waals surface area contributed by atoms with E-state index in [-0.39, 0.29) is 26.5 Å². The summed E-state index contributed by atoms with van der Waals surface area (Å²) in [4.78, 5) is 4.81. The molecule has 0 radical (unpaired) electrons. The SMILES string of the molecule is Cc1cccc(C)c1-c1cnn(-c2[c-]c(Oc3[c-]c4c(cc3)c3ccccc3n4-c3cc(CC(C)C)ccn3)cc(C(C)(C)C)c2)c1.[Pt+2]. The third kappa shape index (κ3) is 6.49. The number of rotatable bonds is 7. The van der Waals surface area contributed by atoms with E-state index >= 15 is 0 Å². The summed E-state index contributed by atoms with van der Waals surface area (Å²) < 4.78 is 10.7. The molecule has 4 aromatic carbocycles. The Balaban J connectivity index is 0.00000401. The van der Waals surface area contributed by atoms with Crippen LogP contribution in [-0.2, 0) is 32.9 Å². The van der Waals surface area contributed by atoms with Gasteiger partial charge < -0.3 is 9.30 Å². The summed E-state index contributed by atoms with van der Waals surface area (Å²) in [6.45, 7) is 15.4. The normalized spacial score (nSPS) is 11.8. The molecule has 0 saturated heterocycles. The summed E-state index contributed by atoms with van der Waals surface area (Å²) in [5.74, 6) is 2.67. The van der Waals surface area contributed by atoms with E-state index in [9.17, 15) is 0 Å². The van der Waals surface area contributed by atoms with Gasteiger partial charge in [-0.2, -0.15) is 11.2 Å². The standard InChI is InChI=1S/C42H40N4O.Pt/c1-27(2)19-30-17-18-43-40(20-30)46-38-14-9-8-13-36(38)37-16-15-34(24-39(37)46)47-35-22-32(42(5,6)7)21-33(23-35)45-26-31(25-44-45)41-28(3)11-10-12-29(41)4;/h8-18,20-22,25-27H,19H2,1-7H3;/q-2;+2. The van der Waals surface area contributed by atoms with Crippen molar-refractivity contribution in [3.05, 3.63) is 132 Å². The third-order valence-corrected chi connectivity index (χ3v) is 8.76. The maximum absolute atomic E-state index is 6.59. The van der Waals surface area contributed by atoms with Crippen molar-refractivity contribution < 1.29 is 25.8 Å². The van der Waals surface area contributed by atoms with Gasteiger partial charge in [0, 0.05) is 35.0 Å². The first kappa shape index (κ1) is 33.4. The molecule has 244 valence electrons. The third-order valence-electron chi connectivity index (χ3n) is 8.76. The minimum absolute atomic E-state index is 0. The van der Waals surface area contributed by atoms with Gasteiger partial charge in [-0.15, -0.1) is 41.3 Å². The number of fused-ring (bicyclic) bond motifs is 3. The number of nitrogens with zero attached hydrogens (tertiary/aromatic N) is 4. The minimum Gasteiger partial charge on any atom is -0.509 e. The molecule has 5 nitrogen and oxygen atoms in total. The fraction of sp³-hybridized carbons (Fsp3) is 0.238. The smallest absolute Gasteiger partial charge is 0.509 e. The van der Waals surface area contributed by atoms with E-state index in [4.69, 9.17) is 14.8 Å². The molecule has 0 unspecified atom stereocenters. The van der Waals surface area contributed by atoms with Crippen LogP contribution < -0.4 is 4.74 Å². The average Bonchev–Trinajstić information content (AvgIpc) is 3.63. The molecule has 6 heteroatoms. The van der Waals surface area contributed by atoms with Gasteiger partial charge in [-0.3, -0.25) is 4.68 Å². The summed E-state index contributed by atoms with van der Waals surface area (Å²) in [5.41, 5.74) is 9.87. The van der Waals surface area contributed by atoms with Crippen LogP contribution in [0.3, 0.4) is 0 Å². The zero-order chi connectivity index (χ0) is 32.9. The number of hydrogen-bond acceptors (Lipinski definition) is 3. The summed E-state index contributed by atoms with van der Waals surface area (Å²) in [7, 11) is 0. The van der Waals surface area contributed by atoms with E-state index in [1.165, 1.54) is 22.3 Å². The molecule has 0 aliphatic rings. The first-order chi connectivity index (χ1) is 22.5. The molecule has 48 heavy (non-hydrogen) atoms. The van der Waals surface area contributed by atoms with Gasteiger partial charge in [-0.1, -0.05) is 76.5 Å². The second kappa shape index (κ2) is 13.2. The largest absolute Gasteiger partial charge is 2.00 e. The van der Waals surface area contributed by atoms with Crippen molar-refractivity contribution >= 4 is 21.8 Å². The van der Waals surface area contributed by atoms with Crippen molar-refractivity contribution in [3.8, 4) is 34.1 Å². The fourth-order valence-corrected chi connectivity index (χ4v) is 6.46. The van der Waals surface area contributed by atoms with Crippen LogP contribution in [-0.4, -0.2) is 19.3 Å². The van der Waals surface area contributed by atoms with Gasteiger partial charge in [0.05, 0.1) is 6.20 Å². The Hall–Kier alpha value is -4.47. The van der Waals surface area contributed by atoms with E-state index in [1.54, 1.807) is 0 Å².